The van der Waals surface area contributed by atoms with Crippen molar-refractivity contribution in [3.05, 3.63) is 58.4 Å². The predicted octanol–water partition coefficient (Wildman–Crippen LogP) is 3.39. The number of epoxide rings is 1. The zero-order valence-corrected chi connectivity index (χ0v) is 16.2. The van der Waals surface area contributed by atoms with Crippen LogP contribution in [0.1, 0.15) is 5.56 Å². The zero-order chi connectivity index (χ0) is 18.0. The summed E-state index contributed by atoms with van der Waals surface area (Å²) in [6.07, 6.45) is 8.79. The SMILES string of the molecule is NC=NC(=S)NCC1(c2ccc(F)c(Br)c2)OC1C1C=CC=CC1Cl. The van der Waals surface area contributed by atoms with E-state index in [4.69, 9.17) is 34.3 Å². The highest BCUT2D eigenvalue weighted by atomic mass is 79.9. The van der Waals surface area contributed by atoms with Crippen molar-refractivity contribution in [1.29, 1.82) is 0 Å². The first-order chi connectivity index (χ1) is 12.0. The Kier molecular flexibility index (Phi) is 5.58. The number of aliphatic imine (C=N–C) groups is 1. The summed E-state index contributed by atoms with van der Waals surface area (Å²) in [4.78, 5) is 3.83. The summed E-state index contributed by atoms with van der Waals surface area (Å²) >= 11 is 14.8. The van der Waals surface area contributed by atoms with E-state index in [1.807, 2.05) is 24.3 Å². The van der Waals surface area contributed by atoms with Crippen LogP contribution in [0, 0.1) is 11.7 Å². The van der Waals surface area contributed by atoms with Gasteiger partial charge in [-0.05, 0) is 45.8 Å². The number of hydrogen-bond acceptors (Lipinski definition) is 2. The number of alkyl halides is 1. The Balaban J connectivity index is 1.87. The van der Waals surface area contributed by atoms with Gasteiger partial charge in [-0.1, -0.05) is 30.4 Å². The average Bonchev–Trinajstić information content (AvgIpc) is 3.32. The van der Waals surface area contributed by atoms with Crippen molar-refractivity contribution in [3.8, 4) is 0 Å². The van der Waals surface area contributed by atoms with E-state index in [0.29, 0.717) is 11.0 Å². The normalized spacial score (nSPS) is 30.6. The van der Waals surface area contributed by atoms with E-state index in [1.54, 1.807) is 12.1 Å². The van der Waals surface area contributed by atoms with Crippen LogP contribution in [-0.2, 0) is 10.3 Å². The quantitative estimate of drug-likeness (QED) is 0.246. The van der Waals surface area contributed by atoms with Crippen molar-refractivity contribution in [1.82, 2.24) is 5.32 Å². The van der Waals surface area contributed by atoms with Gasteiger partial charge in [0.1, 0.15) is 17.5 Å². The van der Waals surface area contributed by atoms with Crippen LogP contribution in [0.4, 0.5) is 4.39 Å². The third-order valence-corrected chi connectivity index (χ3v) is 5.59. The first kappa shape index (κ1) is 18.5. The fraction of sp³-hybridized carbons (Fsp3) is 0.294. The van der Waals surface area contributed by atoms with Crippen LogP contribution < -0.4 is 11.1 Å². The molecule has 3 rings (SSSR count). The number of halogens is 3. The van der Waals surface area contributed by atoms with Gasteiger partial charge >= 0.3 is 0 Å². The molecule has 0 radical (unpaired) electrons. The highest BCUT2D eigenvalue weighted by Crippen LogP contribution is 2.52. The summed E-state index contributed by atoms with van der Waals surface area (Å²) in [5, 5.41) is 3.13. The zero-order valence-electron chi connectivity index (χ0n) is 13.0. The molecule has 0 saturated carbocycles. The van der Waals surface area contributed by atoms with Gasteiger partial charge in [-0.2, -0.15) is 0 Å². The van der Waals surface area contributed by atoms with Gasteiger partial charge in [0.15, 0.2) is 5.11 Å². The lowest BCUT2D eigenvalue weighted by Gasteiger charge is -2.21. The van der Waals surface area contributed by atoms with Gasteiger partial charge in [-0.25, -0.2) is 9.38 Å². The molecule has 4 nitrogen and oxygen atoms in total. The Labute approximate surface area is 164 Å². The van der Waals surface area contributed by atoms with E-state index < -0.39 is 5.60 Å². The van der Waals surface area contributed by atoms with Gasteiger partial charge in [0.25, 0.3) is 0 Å². The maximum atomic E-state index is 13.6. The van der Waals surface area contributed by atoms with Gasteiger partial charge < -0.3 is 15.8 Å². The van der Waals surface area contributed by atoms with Gasteiger partial charge in [-0.3, -0.25) is 0 Å². The number of ether oxygens (including phenoxy) is 1. The highest BCUT2D eigenvalue weighted by molar-refractivity contribution is 9.10. The third kappa shape index (κ3) is 3.79. The average molecular weight is 445 g/mol. The molecule has 1 aliphatic heterocycles. The van der Waals surface area contributed by atoms with Crippen LogP contribution in [0.25, 0.3) is 0 Å². The molecule has 1 aromatic carbocycles. The number of hydrogen-bond donors (Lipinski definition) is 2. The smallest absolute Gasteiger partial charge is 0.194 e. The minimum Gasteiger partial charge on any atom is -0.390 e. The molecule has 2 aliphatic rings. The number of nitrogens with two attached hydrogens (primary N) is 1. The first-order valence-electron chi connectivity index (χ1n) is 7.62. The van der Waals surface area contributed by atoms with Crippen molar-refractivity contribution in [3.63, 3.8) is 0 Å². The molecular weight excluding hydrogens is 429 g/mol. The summed E-state index contributed by atoms with van der Waals surface area (Å²) in [5.74, 6) is -0.327. The Morgan fingerprint density at radius 2 is 2.24 bits per heavy atom. The molecule has 8 heteroatoms. The molecule has 1 aliphatic carbocycles. The van der Waals surface area contributed by atoms with Gasteiger partial charge in [0, 0.05) is 5.92 Å². The molecular formula is C17H16BrClFN3OS. The predicted molar refractivity (Wildman–Crippen MR) is 105 cm³/mol. The molecule has 1 saturated heterocycles. The topological polar surface area (TPSA) is 62.9 Å². The molecule has 1 heterocycles. The number of nitrogens with zero attached hydrogens (tertiary/aromatic N) is 1. The van der Waals surface area contributed by atoms with Crippen LogP contribution in [0.15, 0.2) is 52.0 Å². The van der Waals surface area contributed by atoms with Gasteiger partial charge in [0.05, 0.1) is 22.7 Å². The molecule has 0 amide bonds. The molecule has 1 fully saturated rings. The Morgan fingerprint density at radius 1 is 1.48 bits per heavy atom. The fourth-order valence-corrected chi connectivity index (χ4v) is 3.82. The minimum absolute atomic E-state index is 0.00359. The Morgan fingerprint density at radius 3 is 2.92 bits per heavy atom. The molecule has 3 N–H and O–H groups in total. The lowest BCUT2D eigenvalue weighted by Crippen LogP contribution is -2.35. The standard InChI is InChI=1S/C17H16BrClFN3OS/c18-12-7-10(5-6-14(12)20)17(8-22-16(25)23-9-21)15(24-17)11-3-1-2-4-13(11)19/h1-7,9,11,13,15H,8H2,(H3,21,22,23,25). The van der Waals surface area contributed by atoms with E-state index in [0.717, 1.165) is 11.9 Å². The summed E-state index contributed by atoms with van der Waals surface area (Å²) in [6, 6.07) is 4.84. The van der Waals surface area contributed by atoms with Crippen LogP contribution in [0.5, 0.6) is 0 Å². The molecule has 132 valence electrons. The number of benzene rings is 1. The Hall–Kier alpha value is -1.28. The van der Waals surface area contributed by atoms with Crippen LogP contribution in [0.3, 0.4) is 0 Å². The minimum atomic E-state index is -0.669. The third-order valence-electron chi connectivity index (χ3n) is 4.30. The second kappa shape index (κ2) is 7.53. The maximum absolute atomic E-state index is 13.6. The number of thiocarbonyl (C=S) groups is 1. The van der Waals surface area contributed by atoms with E-state index in [9.17, 15) is 4.39 Å². The largest absolute Gasteiger partial charge is 0.390 e. The van der Waals surface area contributed by atoms with Crippen molar-refractivity contribution in [2.24, 2.45) is 16.6 Å². The van der Waals surface area contributed by atoms with Gasteiger partial charge in [-0.15, -0.1) is 11.6 Å². The second-order valence-electron chi connectivity index (χ2n) is 5.79. The Bertz CT molecular complexity index is 772. The summed E-state index contributed by atoms with van der Waals surface area (Å²) in [7, 11) is 0. The monoisotopic (exact) mass is 443 g/mol. The maximum Gasteiger partial charge on any atom is 0.194 e. The molecule has 0 spiro atoms. The van der Waals surface area contributed by atoms with Crippen LogP contribution in [-0.4, -0.2) is 29.5 Å². The first-order valence-corrected chi connectivity index (χ1v) is 9.26. The van der Waals surface area contributed by atoms with E-state index in [-0.39, 0.29) is 28.3 Å². The van der Waals surface area contributed by atoms with Gasteiger partial charge in [0.2, 0.25) is 0 Å². The van der Waals surface area contributed by atoms with Crippen molar-refractivity contribution < 1.29 is 9.13 Å². The van der Waals surface area contributed by atoms with Crippen molar-refractivity contribution in [2.75, 3.05) is 6.54 Å². The lowest BCUT2D eigenvalue weighted by molar-refractivity contribution is 0.284. The van der Waals surface area contributed by atoms with Crippen LogP contribution in [0.2, 0.25) is 0 Å². The summed E-state index contributed by atoms with van der Waals surface area (Å²) in [6.45, 7) is 0.379. The molecule has 0 bridgehead atoms. The lowest BCUT2D eigenvalue weighted by atomic mass is 9.85. The molecule has 4 unspecified atom stereocenters. The summed E-state index contributed by atoms with van der Waals surface area (Å²) in [5.41, 5.74) is 5.43. The number of nitrogens with one attached hydrogen (secondary N) is 1. The van der Waals surface area contributed by atoms with E-state index in [1.165, 1.54) is 6.07 Å². The fourth-order valence-electron chi connectivity index (χ4n) is 3.00. The molecule has 25 heavy (non-hydrogen) atoms. The highest BCUT2D eigenvalue weighted by Gasteiger charge is 2.61. The molecule has 0 aromatic heterocycles. The molecule has 1 aromatic rings. The summed E-state index contributed by atoms with van der Waals surface area (Å²) < 4.78 is 20.1. The van der Waals surface area contributed by atoms with E-state index >= 15 is 0 Å². The number of allylic oxidation sites excluding steroid dienone is 3. The van der Waals surface area contributed by atoms with Crippen molar-refractivity contribution >= 4 is 51.2 Å². The van der Waals surface area contributed by atoms with Crippen LogP contribution >= 0.6 is 39.7 Å². The molecule has 4 atom stereocenters. The van der Waals surface area contributed by atoms with Crippen molar-refractivity contribution in [2.45, 2.75) is 17.1 Å². The number of rotatable bonds is 4. The second-order valence-corrected chi connectivity index (χ2v) is 7.53. The van der Waals surface area contributed by atoms with E-state index in [2.05, 4.69) is 26.2 Å².